The van der Waals surface area contributed by atoms with Gasteiger partial charge < -0.3 is 5.32 Å². The van der Waals surface area contributed by atoms with Crippen LogP contribution in [0, 0.1) is 19.7 Å². The van der Waals surface area contributed by atoms with Gasteiger partial charge in [-0.1, -0.05) is 18.2 Å². The van der Waals surface area contributed by atoms with Gasteiger partial charge in [-0.25, -0.2) is 19.0 Å². The molecular weight excluding hydrogens is 329 g/mol. The molecule has 0 aliphatic carbocycles. The molecule has 6 heteroatoms. The van der Waals surface area contributed by atoms with E-state index in [9.17, 15) is 4.39 Å². The predicted octanol–water partition coefficient (Wildman–Crippen LogP) is 4.18. The minimum absolute atomic E-state index is 0.243. The summed E-state index contributed by atoms with van der Waals surface area (Å²) in [5.41, 5.74) is 5.12. The highest BCUT2D eigenvalue weighted by atomic mass is 19.1. The lowest BCUT2D eigenvalue weighted by atomic mass is 10.1. The fraction of sp³-hybridized carbons (Fsp3) is 0.150. The normalized spacial score (nSPS) is 11.0. The van der Waals surface area contributed by atoms with E-state index >= 15 is 0 Å². The summed E-state index contributed by atoms with van der Waals surface area (Å²) in [6.07, 6.45) is 3.28. The van der Waals surface area contributed by atoms with Crippen molar-refractivity contribution in [3.8, 4) is 5.69 Å². The number of benzene rings is 2. The molecule has 130 valence electrons. The molecular formula is C20H18FN5. The third-order valence-electron chi connectivity index (χ3n) is 4.47. The maximum atomic E-state index is 13.0. The highest BCUT2D eigenvalue weighted by molar-refractivity contribution is 5.87. The number of halogens is 1. The van der Waals surface area contributed by atoms with E-state index in [0.717, 1.165) is 22.3 Å². The molecule has 0 saturated heterocycles. The number of nitrogens with one attached hydrogen (secondary N) is 1. The molecule has 0 bridgehead atoms. The van der Waals surface area contributed by atoms with Gasteiger partial charge in [0.2, 0.25) is 0 Å². The van der Waals surface area contributed by atoms with Crippen LogP contribution in [0.4, 0.5) is 10.2 Å². The van der Waals surface area contributed by atoms with Crippen LogP contribution in [0.2, 0.25) is 0 Å². The van der Waals surface area contributed by atoms with E-state index in [1.54, 1.807) is 18.3 Å². The van der Waals surface area contributed by atoms with Crippen LogP contribution in [0.15, 0.2) is 55.0 Å². The standard InChI is InChI=1S/C20H18FN5/c1-13-3-8-17(9-14(13)2)26-20-18(11-25-26)19(23-12-24-20)22-10-15-4-6-16(21)7-5-15/h3-9,11-12H,10H2,1-2H3,(H,22,23,24). The first-order valence-corrected chi connectivity index (χ1v) is 8.36. The van der Waals surface area contributed by atoms with Crippen molar-refractivity contribution in [2.24, 2.45) is 0 Å². The summed E-state index contributed by atoms with van der Waals surface area (Å²) >= 11 is 0. The Labute approximate surface area is 150 Å². The van der Waals surface area contributed by atoms with Crippen molar-refractivity contribution in [1.29, 1.82) is 0 Å². The highest BCUT2D eigenvalue weighted by Crippen LogP contribution is 2.23. The number of hydrogen-bond acceptors (Lipinski definition) is 4. The molecule has 5 nitrogen and oxygen atoms in total. The van der Waals surface area contributed by atoms with E-state index in [2.05, 4.69) is 46.4 Å². The van der Waals surface area contributed by atoms with Crippen LogP contribution in [0.25, 0.3) is 16.7 Å². The Balaban J connectivity index is 1.66. The average Bonchev–Trinajstić information content (AvgIpc) is 3.08. The lowest BCUT2D eigenvalue weighted by Gasteiger charge is -2.08. The van der Waals surface area contributed by atoms with Gasteiger partial charge in [-0.2, -0.15) is 5.10 Å². The summed E-state index contributed by atoms with van der Waals surface area (Å²) in [4.78, 5) is 8.73. The predicted molar refractivity (Wildman–Crippen MR) is 99.9 cm³/mol. The van der Waals surface area contributed by atoms with Crippen LogP contribution in [-0.2, 0) is 6.54 Å². The number of nitrogens with zero attached hydrogens (tertiary/aromatic N) is 4. The van der Waals surface area contributed by atoms with Crippen LogP contribution in [0.5, 0.6) is 0 Å². The number of hydrogen-bond donors (Lipinski definition) is 1. The van der Waals surface area contributed by atoms with Gasteiger partial charge in [0.1, 0.15) is 18.0 Å². The molecule has 4 aromatic rings. The van der Waals surface area contributed by atoms with Crippen molar-refractivity contribution < 1.29 is 4.39 Å². The summed E-state index contributed by atoms with van der Waals surface area (Å²) in [6, 6.07) is 12.6. The second-order valence-electron chi connectivity index (χ2n) is 6.26. The van der Waals surface area contributed by atoms with Crippen LogP contribution in [0.1, 0.15) is 16.7 Å². The Morgan fingerprint density at radius 3 is 2.58 bits per heavy atom. The monoisotopic (exact) mass is 347 g/mol. The quantitative estimate of drug-likeness (QED) is 0.602. The van der Waals surface area contributed by atoms with Crippen molar-refractivity contribution in [2.45, 2.75) is 20.4 Å². The molecule has 1 N–H and O–H groups in total. The molecule has 0 aliphatic rings. The zero-order valence-corrected chi connectivity index (χ0v) is 14.6. The highest BCUT2D eigenvalue weighted by Gasteiger charge is 2.11. The number of anilines is 1. The first-order chi connectivity index (χ1) is 12.6. The molecule has 26 heavy (non-hydrogen) atoms. The topological polar surface area (TPSA) is 55.6 Å². The Morgan fingerprint density at radius 1 is 1.00 bits per heavy atom. The Bertz CT molecular complexity index is 1070. The zero-order valence-electron chi connectivity index (χ0n) is 14.6. The molecule has 2 heterocycles. The number of rotatable bonds is 4. The lowest BCUT2D eigenvalue weighted by molar-refractivity contribution is 0.627. The SMILES string of the molecule is Cc1ccc(-n2ncc3c(NCc4ccc(F)cc4)ncnc32)cc1C. The van der Waals surface area contributed by atoms with Gasteiger partial charge in [-0.05, 0) is 54.8 Å². The van der Waals surface area contributed by atoms with Crippen molar-refractivity contribution >= 4 is 16.9 Å². The maximum Gasteiger partial charge on any atom is 0.168 e. The first-order valence-electron chi connectivity index (χ1n) is 8.36. The average molecular weight is 347 g/mol. The molecule has 0 unspecified atom stereocenters. The number of aromatic nitrogens is 4. The largest absolute Gasteiger partial charge is 0.365 e. The first kappa shape index (κ1) is 16.2. The Hall–Kier alpha value is -3.28. The molecule has 4 rings (SSSR count). The van der Waals surface area contributed by atoms with Crippen LogP contribution >= 0.6 is 0 Å². The maximum absolute atomic E-state index is 13.0. The van der Waals surface area contributed by atoms with Crippen molar-refractivity contribution in [3.05, 3.63) is 77.5 Å². The third-order valence-corrected chi connectivity index (χ3v) is 4.47. The van der Waals surface area contributed by atoms with Gasteiger partial charge in [-0.3, -0.25) is 0 Å². The summed E-state index contributed by atoms with van der Waals surface area (Å²) in [6.45, 7) is 4.70. The van der Waals surface area contributed by atoms with E-state index in [0.29, 0.717) is 12.4 Å². The molecule has 0 spiro atoms. The number of fused-ring (bicyclic) bond motifs is 1. The minimum Gasteiger partial charge on any atom is -0.365 e. The second-order valence-corrected chi connectivity index (χ2v) is 6.26. The Morgan fingerprint density at radius 2 is 1.81 bits per heavy atom. The Kier molecular flexibility index (Phi) is 4.08. The molecule has 0 amide bonds. The molecule has 0 fully saturated rings. The second kappa shape index (κ2) is 6.55. The summed E-state index contributed by atoms with van der Waals surface area (Å²) in [5.74, 6) is 0.460. The van der Waals surface area contributed by atoms with Crippen LogP contribution < -0.4 is 5.32 Å². The molecule has 0 saturated carbocycles. The minimum atomic E-state index is -0.243. The number of aryl methyl sites for hydroxylation is 2. The van der Waals surface area contributed by atoms with E-state index in [1.807, 2.05) is 10.7 Å². The van der Waals surface area contributed by atoms with Crippen LogP contribution in [-0.4, -0.2) is 19.7 Å². The van der Waals surface area contributed by atoms with Crippen molar-refractivity contribution in [2.75, 3.05) is 5.32 Å². The smallest absolute Gasteiger partial charge is 0.168 e. The molecule has 0 radical (unpaired) electrons. The summed E-state index contributed by atoms with van der Waals surface area (Å²) in [7, 11) is 0. The summed E-state index contributed by atoms with van der Waals surface area (Å²) in [5, 5.41) is 8.61. The zero-order chi connectivity index (χ0) is 18.1. The fourth-order valence-electron chi connectivity index (χ4n) is 2.82. The summed E-state index contributed by atoms with van der Waals surface area (Å²) < 4.78 is 14.8. The van der Waals surface area contributed by atoms with Crippen molar-refractivity contribution in [3.63, 3.8) is 0 Å². The van der Waals surface area contributed by atoms with Gasteiger partial charge in [0, 0.05) is 6.54 Å². The van der Waals surface area contributed by atoms with Crippen molar-refractivity contribution in [1.82, 2.24) is 19.7 Å². The van der Waals surface area contributed by atoms with Gasteiger partial charge in [0.05, 0.1) is 17.3 Å². The van der Waals surface area contributed by atoms with Crippen LogP contribution in [0.3, 0.4) is 0 Å². The van der Waals surface area contributed by atoms with Gasteiger partial charge in [0.15, 0.2) is 5.65 Å². The molecule has 0 aliphatic heterocycles. The van der Waals surface area contributed by atoms with E-state index in [-0.39, 0.29) is 5.82 Å². The van der Waals surface area contributed by atoms with Gasteiger partial charge >= 0.3 is 0 Å². The van der Waals surface area contributed by atoms with Gasteiger partial charge in [-0.15, -0.1) is 0 Å². The van der Waals surface area contributed by atoms with Gasteiger partial charge in [0.25, 0.3) is 0 Å². The molecule has 2 aromatic carbocycles. The van der Waals surface area contributed by atoms with E-state index in [1.165, 1.54) is 29.6 Å². The lowest BCUT2D eigenvalue weighted by Crippen LogP contribution is -2.03. The third kappa shape index (κ3) is 3.01. The van der Waals surface area contributed by atoms with E-state index in [4.69, 9.17) is 0 Å². The molecule has 0 atom stereocenters. The fourth-order valence-corrected chi connectivity index (χ4v) is 2.82. The van der Waals surface area contributed by atoms with E-state index < -0.39 is 0 Å². The molecule has 2 aromatic heterocycles.